The van der Waals surface area contributed by atoms with Crippen molar-refractivity contribution in [1.82, 2.24) is 0 Å². The monoisotopic (exact) mass is 506 g/mol. The zero-order valence-corrected chi connectivity index (χ0v) is 19.8. The van der Waals surface area contributed by atoms with E-state index in [4.69, 9.17) is 32.7 Å². The first-order valence-electron chi connectivity index (χ1n) is 10.6. The second-order valence-corrected chi connectivity index (χ2v) is 8.19. The van der Waals surface area contributed by atoms with Crippen molar-refractivity contribution in [3.8, 4) is 11.5 Å². The average molecular weight is 507 g/mol. The Bertz CT molecular complexity index is 1280. The summed E-state index contributed by atoms with van der Waals surface area (Å²) in [6, 6.07) is 29.1. The molecule has 0 unspecified atom stereocenters. The second-order valence-electron chi connectivity index (χ2n) is 7.34. The lowest BCUT2D eigenvalue weighted by atomic mass is 10.2. The van der Waals surface area contributed by atoms with E-state index in [0.29, 0.717) is 27.9 Å². The lowest BCUT2D eigenvalue weighted by Gasteiger charge is -2.20. The van der Waals surface area contributed by atoms with E-state index < -0.39 is 18.1 Å². The smallest absolute Gasteiger partial charge is 0.321 e. The number of amides is 2. The van der Waals surface area contributed by atoms with Gasteiger partial charge in [0.05, 0.1) is 10.6 Å². The highest BCUT2D eigenvalue weighted by Gasteiger charge is 2.23. The van der Waals surface area contributed by atoms with Crippen molar-refractivity contribution in [2.75, 3.05) is 10.6 Å². The number of nitrogens with one attached hydrogen (secondary N) is 2. The van der Waals surface area contributed by atoms with Crippen LogP contribution in [0.5, 0.6) is 11.5 Å². The van der Waals surface area contributed by atoms with Crippen LogP contribution >= 0.6 is 23.2 Å². The molecule has 0 fully saturated rings. The lowest BCUT2D eigenvalue weighted by molar-refractivity contribution is -0.134. The fourth-order valence-electron chi connectivity index (χ4n) is 3.12. The minimum absolute atomic E-state index is 0.235. The number of halogens is 2. The molecule has 6 nitrogen and oxygen atoms in total. The Balaban J connectivity index is 1.48. The Hall–Kier alpha value is -4.00. The molecule has 0 heterocycles. The van der Waals surface area contributed by atoms with Gasteiger partial charge in [-0.1, -0.05) is 65.7 Å². The minimum atomic E-state index is -1.26. The molecule has 2 amide bonds. The maximum Gasteiger partial charge on any atom is 0.321 e. The van der Waals surface area contributed by atoms with Gasteiger partial charge in [0.15, 0.2) is 0 Å². The van der Waals surface area contributed by atoms with Gasteiger partial charge in [0.2, 0.25) is 0 Å². The van der Waals surface area contributed by atoms with Crippen molar-refractivity contribution >= 4 is 46.4 Å². The van der Waals surface area contributed by atoms with Crippen molar-refractivity contribution in [2.45, 2.75) is 6.29 Å². The van der Waals surface area contributed by atoms with Crippen LogP contribution in [-0.4, -0.2) is 18.1 Å². The Morgan fingerprint density at radius 2 is 1.23 bits per heavy atom. The largest absolute Gasteiger partial charge is 0.446 e. The van der Waals surface area contributed by atoms with Crippen molar-refractivity contribution in [2.24, 2.45) is 0 Å². The molecule has 0 aliphatic heterocycles. The van der Waals surface area contributed by atoms with Crippen LogP contribution in [0.25, 0.3) is 0 Å². The summed E-state index contributed by atoms with van der Waals surface area (Å²) >= 11 is 12.0. The molecule has 176 valence electrons. The number of benzene rings is 4. The zero-order chi connectivity index (χ0) is 24.6. The summed E-state index contributed by atoms with van der Waals surface area (Å²) in [6.07, 6.45) is -1.26. The quantitative estimate of drug-likeness (QED) is 0.261. The van der Waals surface area contributed by atoms with E-state index in [1.54, 1.807) is 78.9 Å². The normalized spacial score (nSPS) is 10.5. The molecule has 0 aliphatic rings. The Labute approximate surface area is 212 Å². The van der Waals surface area contributed by atoms with Crippen LogP contribution < -0.4 is 20.1 Å². The van der Waals surface area contributed by atoms with Gasteiger partial charge in [0, 0.05) is 16.4 Å². The summed E-state index contributed by atoms with van der Waals surface area (Å²) in [6.45, 7) is 0. The third-order valence-electron chi connectivity index (χ3n) is 4.75. The van der Waals surface area contributed by atoms with Gasteiger partial charge in [-0.05, 0) is 60.7 Å². The number of anilines is 2. The summed E-state index contributed by atoms with van der Waals surface area (Å²) in [4.78, 5) is 25.7. The molecule has 0 aromatic heterocycles. The number of hydrogen-bond acceptors (Lipinski definition) is 4. The van der Waals surface area contributed by atoms with Crippen LogP contribution in [0.4, 0.5) is 11.4 Å². The third kappa shape index (κ3) is 6.76. The van der Waals surface area contributed by atoms with E-state index in [0.717, 1.165) is 0 Å². The molecular weight excluding hydrogens is 487 g/mol. The van der Waals surface area contributed by atoms with Gasteiger partial charge in [0.25, 0.3) is 5.91 Å². The number of carbonyl (C=O) groups is 2. The Morgan fingerprint density at radius 3 is 1.80 bits per heavy atom. The highest BCUT2D eigenvalue weighted by molar-refractivity contribution is 6.37. The fraction of sp³-hybridized carbons (Fsp3) is 0.0370. The van der Waals surface area contributed by atoms with Gasteiger partial charge in [-0.25, -0.2) is 0 Å². The zero-order valence-electron chi connectivity index (χ0n) is 18.3. The van der Waals surface area contributed by atoms with Gasteiger partial charge in [0.1, 0.15) is 11.5 Å². The van der Waals surface area contributed by atoms with E-state index in [9.17, 15) is 9.59 Å². The van der Waals surface area contributed by atoms with Crippen LogP contribution in [0.1, 0.15) is 10.4 Å². The van der Waals surface area contributed by atoms with Crippen LogP contribution in [0.15, 0.2) is 103 Å². The molecule has 0 aliphatic carbocycles. The summed E-state index contributed by atoms with van der Waals surface area (Å²) < 4.78 is 11.6. The average Bonchev–Trinajstić information content (AvgIpc) is 2.85. The standard InChI is InChI=1S/C27H20Cl2N2O4/c28-18-14-15-23(24(29)16-18)25(32)30-19-8-7-9-20(17-19)31-26(33)27(34-21-10-3-1-4-11-21)35-22-12-5-2-6-13-22/h1-17,27H,(H,30,32)(H,31,33). The SMILES string of the molecule is O=C(Nc1cccc(NC(=O)C(Oc2ccccc2)Oc2ccccc2)c1)c1ccc(Cl)cc1Cl. The molecule has 0 spiro atoms. The van der Waals surface area contributed by atoms with E-state index in [1.807, 2.05) is 12.1 Å². The molecule has 4 aromatic carbocycles. The van der Waals surface area contributed by atoms with E-state index in [1.165, 1.54) is 12.1 Å². The first-order valence-corrected chi connectivity index (χ1v) is 11.3. The van der Waals surface area contributed by atoms with Crippen molar-refractivity contribution in [1.29, 1.82) is 0 Å². The number of para-hydroxylation sites is 2. The summed E-state index contributed by atoms with van der Waals surface area (Å²) in [7, 11) is 0. The third-order valence-corrected chi connectivity index (χ3v) is 5.30. The summed E-state index contributed by atoms with van der Waals surface area (Å²) in [5.74, 6) is 0.0173. The Kier molecular flexibility index (Phi) is 7.88. The number of carbonyl (C=O) groups excluding carboxylic acids is 2. The molecule has 0 saturated carbocycles. The van der Waals surface area contributed by atoms with Crippen molar-refractivity contribution in [3.63, 3.8) is 0 Å². The van der Waals surface area contributed by atoms with Gasteiger partial charge < -0.3 is 20.1 Å². The topological polar surface area (TPSA) is 76.7 Å². The number of hydrogen-bond donors (Lipinski definition) is 2. The number of ether oxygens (including phenoxy) is 2. The molecule has 0 atom stereocenters. The second kappa shape index (κ2) is 11.4. The van der Waals surface area contributed by atoms with Gasteiger partial charge >= 0.3 is 12.2 Å². The lowest BCUT2D eigenvalue weighted by Crippen LogP contribution is -2.38. The van der Waals surface area contributed by atoms with Crippen molar-refractivity contribution < 1.29 is 19.1 Å². The van der Waals surface area contributed by atoms with Crippen LogP contribution in [0.3, 0.4) is 0 Å². The highest BCUT2D eigenvalue weighted by atomic mass is 35.5. The first kappa shape index (κ1) is 24.1. The maximum atomic E-state index is 13.1. The minimum Gasteiger partial charge on any atom is -0.446 e. The van der Waals surface area contributed by atoms with Crippen LogP contribution in [0, 0.1) is 0 Å². The van der Waals surface area contributed by atoms with Crippen LogP contribution in [0.2, 0.25) is 10.0 Å². The molecule has 0 bridgehead atoms. The fourth-order valence-corrected chi connectivity index (χ4v) is 3.62. The van der Waals surface area contributed by atoms with Gasteiger partial charge in [-0.2, -0.15) is 0 Å². The molecule has 8 heteroatoms. The number of rotatable bonds is 8. The first-order chi connectivity index (χ1) is 17.0. The predicted octanol–water partition coefficient (Wildman–Crippen LogP) is 6.67. The van der Waals surface area contributed by atoms with Crippen LogP contribution in [-0.2, 0) is 4.79 Å². The van der Waals surface area contributed by atoms with E-state index in [-0.39, 0.29) is 10.6 Å². The molecule has 0 saturated heterocycles. The van der Waals surface area contributed by atoms with E-state index >= 15 is 0 Å². The van der Waals surface area contributed by atoms with Crippen molar-refractivity contribution in [3.05, 3.63) is 119 Å². The Morgan fingerprint density at radius 1 is 0.657 bits per heavy atom. The maximum absolute atomic E-state index is 13.1. The molecule has 4 aromatic rings. The molecule has 2 N–H and O–H groups in total. The highest BCUT2D eigenvalue weighted by Crippen LogP contribution is 2.23. The predicted molar refractivity (Wildman–Crippen MR) is 137 cm³/mol. The van der Waals surface area contributed by atoms with Gasteiger partial charge in [-0.3, -0.25) is 9.59 Å². The molecule has 4 rings (SSSR count). The molecule has 35 heavy (non-hydrogen) atoms. The molecule has 0 radical (unpaired) electrons. The molecular formula is C27H20Cl2N2O4. The van der Waals surface area contributed by atoms with Gasteiger partial charge in [-0.15, -0.1) is 0 Å². The summed E-state index contributed by atoms with van der Waals surface area (Å²) in [5.41, 5.74) is 1.18. The van der Waals surface area contributed by atoms with E-state index in [2.05, 4.69) is 10.6 Å². The summed E-state index contributed by atoms with van der Waals surface area (Å²) in [5, 5.41) is 6.20.